The van der Waals surface area contributed by atoms with Crippen LogP contribution in [0.15, 0.2) is 46.9 Å². The first-order chi connectivity index (χ1) is 11.1. The molecule has 0 aliphatic heterocycles. The number of carbonyl (C=O) groups is 2. The third-order valence-electron chi connectivity index (χ3n) is 2.89. The summed E-state index contributed by atoms with van der Waals surface area (Å²) in [7, 11) is 0. The van der Waals surface area contributed by atoms with Crippen molar-refractivity contribution in [2.24, 2.45) is 5.11 Å². The van der Waals surface area contributed by atoms with Gasteiger partial charge in [0.15, 0.2) is 0 Å². The third-order valence-corrected chi connectivity index (χ3v) is 3.78. The van der Waals surface area contributed by atoms with Crippen LogP contribution in [0.25, 0.3) is 10.4 Å². The summed E-state index contributed by atoms with van der Waals surface area (Å²) < 4.78 is 0. The zero-order valence-electron chi connectivity index (χ0n) is 12.3. The standard InChI is InChI=1S/C16H12N4O2S/c1-12(21)20(10-5-8-13-6-3-2-4-7-13)14-9-11-23-15(14)16(22)18-19-17/h2-4,6-7,9,11H,10H2,1H3. The van der Waals surface area contributed by atoms with Crippen molar-refractivity contribution in [2.75, 3.05) is 11.4 Å². The molecule has 2 aromatic rings. The van der Waals surface area contributed by atoms with Crippen LogP contribution in [0, 0.1) is 11.8 Å². The van der Waals surface area contributed by atoms with Gasteiger partial charge >= 0.3 is 0 Å². The lowest BCUT2D eigenvalue weighted by Gasteiger charge is -2.17. The molecule has 1 aromatic heterocycles. The highest BCUT2D eigenvalue weighted by atomic mass is 32.1. The molecular formula is C16H12N4O2S. The van der Waals surface area contributed by atoms with Gasteiger partial charge in [0, 0.05) is 17.4 Å². The van der Waals surface area contributed by atoms with E-state index in [2.05, 4.69) is 21.9 Å². The number of benzene rings is 1. The number of nitrogens with zero attached hydrogens (tertiary/aromatic N) is 4. The monoisotopic (exact) mass is 324 g/mol. The zero-order valence-corrected chi connectivity index (χ0v) is 13.1. The maximum absolute atomic E-state index is 11.9. The van der Waals surface area contributed by atoms with Crippen molar-refractivity contribution in [1.29, 1.82) is 0 Å². The van der Waals surface area contributed by atoms with Crippen molar-refractivity contribution in [3.05, 3.63) is 62.7 Å². The van der Waals surface area contributed by atoms with Crippen molar-refractivity contribution < 1.29 is 9.59 Å². The minimum absolute atomic E-state index is 0.136. The molecule has 114 valence electrons. The van der Waals surface area contributed by atoms with Crippen molar-refractivity contribution in [3.8, 4) is 11.8 Å². The fourth-order valence-corrected chi connectivity index (χ4v) is 2.64. The van der Waals surface area contributed by atoms with Gasteiger partial charge in [-0.05, 0) is 34.2 Å². The van der Waals surface area contributed by atoms with E-state index in [4.69, 9.17) is 5.53 Å². The summed E-state index contributed by atoms with van der Waals surface area (Å²) in [6.45, 7) is 1.53. The molecule has 2 amide bonds. The smallest absolute Gasteiger partial charge is 0.261 e. The van der Waals surface area contributed by atoms with Gasteiger partial charge in [-0.15, -0.1) is 11.3 Å². The van der Waals surface area contributed by atoms with Crippen LogP contribution in [0.2, 0.25) is 0 Å². The molecule has 1 aromatic carbocycles. The van der Waals surface area contributed by atoms with Gasteiger partial charge in [0.05, 0.1) is 12.2 Å². The largest absolute Gasteiger partial charge is 0.299 e. The number of hydrogen-bond donors (Lipinski definition) is 0. The molecule has 0 atom stereocenters. The molecule has 2 rings (SSSR count). The second kappa shape index (κ2) is 7.80. The molecule has 0 aliphatic rings. The Hall–Kier alpha value is -3.07. The molecule has 6 nitrogen and oxygen atoms in total. The predicted octanol–water partition coefficient (Wildman–Crippen LogP) is 3.60. The Morgan fingerprint density at radius 1 is 1.30 bits per heavy atom. The molecule has 7 heteroatoms. The summed E-state index contributed by atoms with van der Waals surface area (Å²) in [5.41, 5.74) is 9.63. The summed E-state index contributed by atoms with van der Waals surface area (Å²) in [5, 5.41) is 4.74. The molecule has 1 heterocycles. The van der Waals surface area contributed by atoms with E-state index in [9.17, 15) is 9.59 Å². The van der Waals surface area contributed by atoms with Crippen LogP contribution in [0.3, 0.4) is 0 Å². The Morgan fingerprint density at radius 2 is 2.04 bits per heavy atom. The minimum Gasteiger partial charge on any atom is -0.299 e. The van der Waals surface area contributed by atoms with Crippen molar-refractivity contribution in [3.63, 3.8) is 0 Å². The lowest BCUT2D eigenvalue weighted by Crippen LogP contribution is -2.29. The molecule has 0 aliphatic carbocycles. The SMILES string of the molecule is CC(=O)N(CC#Cc1ccccc1)c1ccsc1C(=O)N=[N+]=[N-]. The fraction of sp³-hybridized carbons (Fsp3) is 0.125. The topological polar surface area (TPSA) is 86.1 Å². The Morgan fingerprint density at radius 3 is 2.70 bits per heavy atom. The maximum atomic E-state index is 11.9. The van der Waals surface area contributed by atoms with Crippen molar-refractivity contribution >= 4 is 28.8 Å². The van der Waals surface area contributed by atoms with Crippen LogP contribution in [-0.4, -0.2) is 18.4 Å². The van der Waals surface area contributed by atoms with Crippen LogP contribution >= 0.6 is 11.3 Å². The van der Waals surface area contributed by atoms with Crippen LogP contribution in [-0.2, 0) is 4.79 Å². The first-order valence-corrected chi connectivity index (χ1v) is 7.50. The molecule has 0 N–H and O–H groups in total. The molecule has 0 radical (unpaired) electrons. The second-order valence-corrected chi connectivity index (χ2v) is 5.32. The van der Waals surface area contributed by atoms with Crippen LogP contribution in [0.5, 0.6) is 0 Å². The van der Waals surface area contributed by atoms with Crippen molar-refractivity contribution in [2.45, 2.75) is 6.92 Å². The van der Waals surface area contributed by atoms with Crippen molar-refractivity contribution in [1.82, 2.24) is 0 Å². The highest BCUT2D eigenvalue weighted by Gasteiger charge is 2.19. The van der Waals surface area contributed by atoms with E-state index in [1.54, 1.807) is 11.4 Å². The van der Waals surface area contributed by atoms with E-state index in [0.29, 0.717) is 5.69 Å². The zero-order chi connectivity index (χ0) is 16.7. The van der Waals surface area contributed by atoms with Crippen LogP contribution in [0.4, 0.5) is 5.69 Å². The quantitative estimate of drug-likeness (QED) is 0.374. The van der Waals surface area contributed by atoms with E-state index >= 15 is 0 Å². The van der Waals surface area contributed by atoms with E-state index in [-0.39, 0.29) is 17.3 Å². The predicted molar refractivity (Wildman–Crippen MR) is 89.1 cm³/mol. The van der Waals surface area contributed by atoms with Gasteiger partial charge in [-0.25, -0.2) is 0 Å². The maximum Gasteiger partial charge on any atom is 0.261 e. The third kappa shape index (κ3) is 4.20. The normalized spacial score (nSPS) is 9.26. The average Bonchev–Trinajstić information content (AvgIpc) is 3.01. The molecule has 0 saturated heterocycles. The summed E-state index contributed by atoms with van der Waals surface area (Å²) in [6, 6.07) is 11.0. The van der Waals surface area contributed by atoms with E-state index in [1.165, 1.54) is 11.8 Å². The van der Waals surface area contributed by atoms with Gasteiger partial charge in [0.2, 0.25) is 5.91 Å². The number of amides is 2. The first-order valence-electron chi connectivity index (χ1n) is 6.62. The lowest BCUT2D eigenvalue weighted by molar-refractivity contribution is -0.116. The molecule has 0 fully saturated rings. The summed E-state index contributed by atoms with van der Waals surface area (Å²) in [5.74, 6) is 4.92. The highest BCUT2D eigenvalue weighted by molar-refractivity contribution is 7.12. The summed E-state index contributed by atoms with van der Waals surface area (Å²) in [6.07, 6.45) is 0. The van der Waals surface area contributed by atoms with Gasteiger partial charge in [0.25, 0.3) is 5.91 Å². The first kappa shape index (κ1) is 16.3. The van der Waals surface area contributed by atoms with E-state index in [1.807, 2.05) is 30.3 Å². The summed E-state index contributed by atoms with van der Waals surface area (Å²) >= 11 is 1.12. The summed E-state index contributed by atoms with van der Waals surface area (Å²) in [4.78, 5) is 27.7. The van der Waals surface area contributed by atoms with E-state index in [0.717, 1.165) is 16.9 Å². The Bertz CT molecular complexity index is 827. The Kier molecular flexibility index (Phi) is 5.53. The molecular weight excluding hydrogens is 312 g/mol. The molecule has 0 bridgehead atoms. The van der Waals surface area contributed by atoms with E-state index < -0.39 is 5.91 Å². The molecule has 23 heavy (non-hydrogen) atoms. The van der Waals surface area contributed by atoms with Gasteiger partial charge < -0.3 is 0 Å². The van der Waals surface area contributed by atoms with Crippen LogP contribution < -0.4 is 4.90 Å². The fourth-order valence-electron chi connectivity index (χ4n) is 1.87. The number of azide groups is 1. The number of hydrogen-bond acceptors (Lipinski definition) is 3. The number of anilines is 1. The molecule has 0 saturated carbocycles. The van der Waals surface area contributed by atoms with Gasteiger partial charge in [-0.2, -0.15) is 0 Å². The highest BCUT2D eigenvalue weighted by Crippen LogP contribution is 2.27. The number of rotatable bonds is 3. The second-order valence-electron chi connectivity index (χ2n) is 4.40. The number of thiophene rings is 1. The molecule has 0 spiro atoms. The number of carbonyl (C=O) groups excluding carboxylic acids is 2. The lowest BCUT2D eigenvalue weighted by atomic mass is 10.2. The van der Waals surface area contributed by atoms with Crippen LogP contribution in [0.1, 0.15) is 22.2 Å². The minimum atomic E-state index is -0.709. The van der Waals surface area contributed by atoms with Gasteiger partial charge in [-0.1, -0.05) is 30.0 Å². The molecule has 0 unspecified atom stereocenters. The van der Waals surface area contributed by atoms with Gasteiger partial charge in [0.1, 0.15) is 4.88 Å². The average molecular weight is 324 g/mol. The Balaban J connectivity index is 2.25. The Labute approximate surface area is 137 Å². The van der Waals surface area contributed by atoms with Gasteiger partial charge in [-0.3, -0.25) is 14.5 Å².